The van der Waals surface area contributed by atoms with Gasteiger partial charge in [-0.2, -0.15) is 0 Å². The van der Waals surface area contributed by atoms with Gasteiger partial charge in [-0.3, -0.25) is 19.2 Å². The molecule has 146 valence electrons. The van der Waals surface area contributed by atoms with E-state index in [2.05, 4.69) is 24.3 Å². The number of ether oxygens (including phenoxy) is 4. The quantitative estimate of drug-likeness (QED) is 0.228. The van der Waals surface area contributed by atoms with Crippen LogP contribution < -0.4 is 0 Å². The molecule has 0 amide bonds. The Balaban J connectivity index is 0. The van der Waals surface area contributed by atoms with Gasteiger partial charge in [0.25, 0.3) is 0 Å². The summed E-state index contributed by atoms with van der Waals surface area (Å²) < 4.78 is 26.5. The maximum atomic E-state index is 10.8. The summed E-state index contributed by atoms with van der Waals surface area (Å²) in [5.41, 5.74) is 0. The van der Waals surface area contributed by atoms with Crippen LogP contribution in [-0.2, 0) is 53.1 Å². The van der Waals surface area contributed by atoms with E-state index in [1.165, 1.54) is 13.8 Å². The van der Waals surface area contributed by atoms with Crippen LogP contribution in [0.1, 0.15) is 41.5 Å². The van der Waals surface area contributed by atoms with Crippen LogP contribution in [0.3, 0.4) is 0 Å². The van der Waals surface area contributed by atoms with Crippen molar-refractivity contribution in [2.24, 2.45) is 0 Å². The van der Waals surface area contributed by atoms with Crippen molar-refractivity contribution in [2.45, 2.75) is 47.7 Å². The van der Waals surface area contributed by atoms with Crippen molar-refractivity contribution in [3.63, 3.8) is 0 Å². The van der Waals surface area contributed by atoms with Crippen LogP contribution in [0.5, 0.6) is 0 Å². The number of hydrogen-bond donors (Lipinski definition) is 0. The van der Waals surface area contributed by atoms with Crippen molar-refractivity contribution in [1.29, 1.82) is 0 Å². The SMILES string of the molecule is CC(=O)OC(OC(C)=O)(OC(C)=O)OC(C)=O.CC(=O)[O][Pb][O]C(C)=O. The third-order valence-corrected chi connectivity index (χ3v) is 4.33. The first kappa shape index (κ1) is 26.0. The third kappa shape index (κ3) is 16.6. The standard InChI is InChI=1S/C9H12O8.2C2H4O2.Pb/c1-5(10)14-9(15-6(2)11,16-7(3)12)17-8(4)13;2*1-2(3)4;/h1-4H3;2*1H3,(H,3,4);/q;;;+2/p-2. The second-order valence-corrected chi connectivity index (χ2v) is 6.38. The average molecular weight is 573 g/mol. The van der Waals surface area contributed by atoms with E-state index >= 15 is 0 Å². The van der Waals surface area contributed by atoms with Crippen LogP contribution in [-0.4, -0.2) is 67.1 Å². The van der Waals surface area contributed by atoms with Crippen molar-refractivity contribution < 1.29 is 53.1 Å². The van der Waals surface area contributed by atoms with Gasteiger partial charge < -0.3 is 18.9 Å². The van der Waals surface area contributed by atoms with Crippen LogP contribution >= 0.6 is 0 Å². The minimum absolute atomic E-state index is 0.375. The third-order valence-electron chi connectivity index (χ3n) is 1.45. The summed E-state index contributed by atoms with van der Waals surface area (Å²) in [5, 5.41) is 0. The Hall–Kier alpha value is -2.26. The van der Waals surface area contributed by atoms with Crippen LogP contribution in [0.25, 0.3) is 0 Å². The second-order valence-electron chi connectivity index (χ2n) is 4.15. The first-order valence-electron chi connectivity index (χ1n) is 6.67. The van der Waals surface area contributed by atoms with E-state index in [9.17, 15) is 28.8 Å². The van der Waals surface area contributed by atoms with Gasteiger partial charge in [0.2, 0.25) is 0 Å². The van der Waals surface area contributed by atoms with Crippen LogP contribution in [0.4, 0.5) is 0 Å². The summed E-state index contributed by atoms with van der Waals surface area (Å²) in [6.07, 6.45) is -2.81. The van der Waals surface area contributed by atoms with Gasteiger partial charge in [-0.25, -0.2) is 0 Å². The molecule has 0 unspecified atom stereocenters. The maximum absolute atomic E-state index is 10.8. The van der Waals surface area contributed by atoms with E-state index in [0.29, 0.717) is 0 Å². The van der Waals surface area contributed by atoms with Crippen molar-refractivity contribution in [1.82, 2.24) is 0 Å². The second kappa shape index (κ2) is 13.0. The summed E-state index contributed by atoms with van der Waals surface area (Å²) in [6.45, 7) is 6.37. The Morgan fingerprint density at radius 1 is 0.500 bits per heavy atom. The van der Waals surface area contributed by atoms with Crippen molar-refractivity contribution in [3.05, 3.63) is 0 Å². The van der Waals surface area contributed by atoms with Gasteiger partial charge in [0.1, 0.15) is 0 Å². The molecule has 26 heavy (non-hydrogen) atoms. The van der Waals surface area contributed by atoms with E-state index in [1.54, 1.807) is 0 Å². The van der Waals surface area contributed by atoms with Gasteiger partial charge in [-0.15, -0.1) is 0 Å². The molecule has 2 radical (unpaired) electrons. The Bertz CT molecular complexity index is 472. The van der Waals surface area contributed by atoms with Crippen molar-refractivity contribution >= 4 is 61.0 Å². The Morgan fingerprint density at radius 2 is 0.731 bits per heavy atom. The van der Waals surface area contributed by atoms with Crippen LogP contribution in [0, 0.1) is 0 Å². The van der Waals surface area contributed by atoms with Crippen molar-refractivity contribution in [2.75, 3.05) is 0 Å². The van der Waals surface area contributed by atoms with Crippen molar-refractivity contribution in [3.8, 4) is 0 Å². The molecule has 0 spiro atoms. The molecule has 0 atom stereocenters. The number of hydrogen-bond acceptors (Lipinski definition) is 12. The van der Waals surface area contributed by atoms with Crippen LogP contribution in [0.2, 0.25) is 0 Å². The molecule has 13 heteroatoms. The Labute approximate surface area is 161 Å². The topological polar surface area (TPSA) is 158 Å². The van der Waals surface area contributed by atoms with E-state index in [4.69, 9.17) is 0 Å². The summed E-state index contributed by atoms with van der Waals surface area (Å²) in [4.78, 5) is 63.4. The fourth-order valence-electron chi connectivity index (χ4n) is 0.967. The molecule has 0 heterocycles. The summed E-state index contributed by atoms with van der Waals surface area (Å²) in [7, 11) is 0. The molecule has 0 fully saturated rings. The zero-order chi connectivity index (χ0) is 20.9. The molecule has 0 bridgehead atoms. The zero-order valence-electron chi connectivity index (χ0n) is 14.9. The molecule has 0 saturated heterocycles. The van der Waals surface area contributed by atoms with Gasteiger partial charge in [0.05, 0.1) is 0 Å². The number of carbonyl (C=O) groups excluding carboxylic acids is 6. The minimum atomic E-state index is -2.81. The fraction of sp³-hybridized carbons (Fsp3) is 0.538. The van der Waals surface area contributed by atoms with Gasteiger partial charge >= 0.3 is 95.9 Å². The average Bonchev–Trinajstić information content (AvgIpc) is 2.33. The molecule has 0 aliphatic heterocycles. The van der Waals surface area contributed by atoms with Gasteiger partial charge in [0, 0.05) is 27.7 Å². The first-order chi connectivity index (χ1) is 11.8. The molecule has 0 N–H and O–H groups in total. The molecule has 12 nitrogen and oxygen atoms in total. The first-order valence-corrected chi connectivity index (χ1v) is 9.85. The van der Waals surface area contributed by atoms with Crippen LogP contribution in [0.15, 0.2) is 0 Å². The number of rotatable bonds is 6. The zero-order valence-corrected chi connectivity index (χ0v) is 18.8. The summed E-state index contributed by atoms with van der Waals surface area (Å²) >= 11 is -1.82. The van der Waals surface area contributed by atoms with E-state index in [1.807, 2.05) is 0 Å². The molecule has 0 aromatic carbocycles. The van der Waals surface area contributed by atoms with E-state index in [0.717, 1.165) is 27.7 Å². The monoisotopic (exact) mass is 574 g/mol. The molecular formula is C13H18O12Pb. The molecule has 0 rings (SSSR count). The predicted molar refractivity (Wildman–Crippen MR) is 79.1 cm³/mol. The Morgan fingerprint density at radius 3 is 0.885 bits per heavy atom. The fourth-order valence-corrected chi connectivity index (χ4v) is 2.04. The van der Waals surface area contributed by atoms with E-state index < -0.39 is 55.2 Å². The van der Waals surface area contributed by atoms with Gasteiger partial charge in [-0.05, 0) is 0 Å². The van der Waals surface area contributed by atoms with Gasteiger partial charge in [-0.1, -0.05) is 0 Å². The summed E-state index contributed by atoms with van der Waals surface area (Å²) in [5.74, 6) is -4.66. The molecule has 0 aliphatic carbocycles. The summed E-state index contributed by atoms with van der Waals surface area (Å²) in [6, 6.07) is 0. The Kier molecular flexibility index (Phi) is 13.0. The van der Waals surface area contributed by atoms with Gasteiger partial charge in [0.15, 0.2) is 0 Å². The normalized spacial score (nSPS) is 9.46. The molecule has 0 aliphatic rings. The molecule has 0 aromatic rings. The molecule has 0 saturated carbocycles. The molecule has 0 aromatic heterocycles. The predicted octanol–water partition coefficient (Wildman–Crippen LogP) is -0.503. The number of esters is 4. The van der Waals surface area contributed by atoms with E-state index in [-0.39, 0.29) is 11.9 Å². The number of carbonyl (C=O) groups is 6. The molecular weight excluding hydrogens is 555 g/mol.